The van der Waals surface area contributed by atoms with Crippen molar-refractivity contribution in [3.63, 3.8) is 0 Å². The van der Waals surface area contributed by atoms with Crippen molar-refractivity contribution in [1.82, 2.24) is 5.32 Å². The molecule has 2 unspecified atom stereocenters. The Balaban J connectivity index is 2.37. The van der Waals surface area contributed by atoms with Gasteiger partial charge in [-0.3, -0.25) is 0 Å². The van der Waals surface area contributed by atoms with E-state index >= 15 is 0 Å². The lowest BCUT2D eigenvalue weighted by atomic mass is 9.91. The van der Waals surface area contributed by atoms with Crippen molar-refractivity contribution < 1.29 is 4.74 Å². The minimum atomic E-state index is 0.303. The molecule has 0 amide bonds. The van der Waals surface area contributed by atoms with Crippen molar-refractivity contribution in [2.75, 3.05) is 6.54 Å². The van der Waals surface area contributed by atoms with Crippen LogP contribution < -0.4 is 10.1 Å². The van der Waals surface area contributed by atoms with Crippen LogP contribution in [0, 0.1) is 13.8 Å². The molecule has 94 valence electrons. The molecule has 1 aliphatic heterocycles. The summed E-state index contributed by atoms with van der Waals surface area (Å²) < 4.78 is 6.01. The van der Waals surface area contributed by atoms with Crippen LogP contribution in [-0.2, 0) is 0 Å². The van der Waals surface area contributed by atoms with Gasteiger partial charge in [0.2, 0.25) is 0 Å². The average Bonchev–Trinajstić information content (AvgIpc) is 2.30. The lowest BCUT2D eigenvalue weighted by Crippen LogP contribution is -2.32. The van der Waals surface area contributed by atoms with Gasteiger partial charge in [0.25, 0.3) is 0 Å². The first kappa shape index (κ1) is 12.4. The maximum Gasteiger partial charge on any atom is 0.127 e. The maximum absolute atomic E-state index is 6.01. The standard InChI is InChI=1S/C15H23NO/c1-5-8-16-13-9-12(4)17-15-11(3)7-6-10(2)14(13)15/h6-7,12-13,16H,5,8-9H2,1-4H3. The third kappa shape index (κ3) is 2.47. The summed E-state index contributed by atoms with van der Waals surface area (Å²) in [7, 11) is 0. The predicted octanol–water partition coefficient (Wildman–Crippen LogP) is 3.52. The summed E-state index contributed by atoms with van der Waals surface area (Å²) >= 11 is 0. The Labute approximate surface area is 104 Å². The van der Waals surface area contributed by atoms with E-state index in [1.54, 1.807) is 0 Å². The minimum Gasteiger partial charge on any atom is -0.490 e. The summed E-state index contributed by atoms with van der Waals surface area (Å²) in [6.45, 7) is 9.75. The van der Waals surface area contributed by atoms with Crippen LogP contribution in [0.1, 0.15) is 49.4 Å². The van der Waals surface area contributed by atoms with Gasteiger partial charge in [-0.15, -0.1) is 0 Å². The Morgan fingerprint density at radius 3 is 2.71 bits per heavy atom. The summed E-state index contributed by atoms with van der Waals surface area (Å²) in [5.74, 6) is 1.11. The Kier molecular flexibility index (Phi) is 3.72. The molecule has 2 heteroatoms. The van der Waals surface area contributed by atoms with Crippen molar-refractivity contribution >= 4 is 0 Å². The number of ether oxygens (including phenoxy) is 1. The summed E-state index contributed by atoms with van der Waals surface area (Å²) in [6.07, 6.45) is 2.54. The highest BCUT2D eigenvalue weighted by Crippen LogP contribution is 2.39. The number of benzene rings is 1. The molecule has 0 radical (unpaired) electrons. The molecule has 1 aromatic carbocycles. The van der Waals surface area contributed by atoms with E-state index in [1.807, 2.05) is 0 Å². The van der Waals surface area contributed by atoms with Gasteiger partial charge in [-0.2, -0.15) is 0 Å². The third-order valence-corrected chi connectivity index (χ3v) is 3.49. The van der Waals surface area contributed by atoms with Crippen LogP contribution in [-0.4, -0.2) is 12.6 Å². The molecule has 2 nitrogen and oxygen atoms in total. The van der Waals surface area contributed by atoms with E-state index in [4.69, 9.17) is 4.74 Å². The Morgan fingerprint density at radius 2 is 2.00 bits per heavy atom. The summed E-state index contributed by atoms with van der Waals surface area (Å²) in [5, 5.41) is 3.65. The van der Waals surface area contributed by atoms with E-state index in [-0.39, 0.29) is 0 Å². The normalized spacial score (nSPS) is 23.1. The van der Waals surface area contributed by atoms with Crippen LogP contribution in [0.4, 0.5) is 0 Å². The smallest absolute Gasteiger partial charge is 0.127 e. The number of rotatable bonds is 3. The number of hydrogen-bond acceptors (Lipinski definition) is 2. The van der Waals surface area contributed by atoms with E-state index in [1.165, 1.54) is 23.1 Å². The monoisotopic (exact) mass is 233 g/mol. The Hall–Kier alpha value is -1.02. The molecule has 1 aromatic rings. The zero-order valence-electron chi connectivity index (χ0n) is 11.3. The lowest BCUT2D eigenvalue weighted by molar-refractivity contribution is 0.165. The van der Waals surface area contributed by atoms with Crippen molar-refractivity contribution in [1.29, 1.82) is 0 Å². The molecular weight excluding hydrogens is 210 g/mol. The molecule has 2 atom stereocenters. The highest BCUT2D eigenvalue weighted by atomic mass is 16.5. The maximum atomic E-state index is 6.01. The van der Waals surface area contributed by atoms with Gasteiger partial charge in [0.15, 0.2) is 0 Å². The second-order valence-electron chi connectivity index (χ2n) is 5.11. The molecule has 2 rings (SSSR count). The van der Waals surface area contributed by atoms with Gasteiger partial charge in [-0.05, 0) is 44.9 Å². The van der Waals surface area contributed by atoms with Gasteiger partial charge in [0.05, 0.1) is 6.10 Å². The van der Waals surface area contributed by atoms with Gasteiger partial charge < -0.3 is 10.1 Å². The van der Waals surface area contributed by atoms with Crippen LogP contribution in [0.3, 0.4) is 0 Å². The highest BCUT2D eigenvalue weighted by Gasteiger charge is 2.27. The molecule has 0 saturated heterocycles. The third-order valence-electron chi connectivity index (χ3n) is 3.49. The molecule has 1 N–H and O–H groups in total. The summed E-state index contributed by atoms with van der Waals surface area (Å²) in [6, 6.07) is 4.81. The Morgan fingerprint density at radius 1 is 1.29 bits per heavy atom. The van der Waals surface area contributed by atoms with Gasteiger partial charge in [-0.25, -0.2) is 0 Å². The first-order chi connectivity index (χ1) is 8.13. The number of aryl methyl sites for hydroxylation is 2. The van der Waals surface area contributed by atoms with Gasteiger partial charge in [-0.1, -0.05) is 19.1 Å². The number of fused-ring (bicyclic) bond motifs is 1. The van der Waals surface area contributed by atoms with Crippen molar-refractivity contribution in [2.45, 2.75) is 52.7 Å². The molecular formula is C15H23NO. The van der Waals surface area contributed by atoms with Crippen LogP contribution in [0.2, 0.25) is 0 Å². The fourth-order valence-corrected chi connectivity index (χ4v) is 2.60. The lowest BCUT2D eigenvalue weighted by Gasteiger charge is -2.33. The zero-order chi connectivity index (χ0) is 12.4. The van der Waals surface area contributed by atoms with Crippen LogP contribution in [0.5, 0.6) is 5.75 Å². The molecule has 0 saturated carbocycles. The van der Waals surface area contributed by atoms with Crippen molar-refractivity contribution in [2.24, 2.45) is 0 Å². The average molecular weight is 233 g/mol. The van der Waals surface area contributed by atoms with Crippen LogP contribution >= 0.6 is 0 Å². The SMILES string of the molecule is CCCNC1CC(C)Oc2c(C)ccc(C)c21. The van der Waals surface area contributed by atoms with Crippen LogP contribution in [0.15, 0.2) is 12.1 Å². The molecule has 0 spiro atoms. The van der Waals surface area contributed by atoms with Gasteiger partial charge >= 0.3 is 0 Å². The molecule has 0 aromatic heterocycles. The van der Waals surface area contributed by atoms with E-state index < -0.39 is 0 Å². The quantitative estimate of drug-likeness (QED) is 0.862. The fraction of sp³-hybridized carbons (Fsp3) is 0.600. The second kappa shape index (κ2) is 5.09. The molecule has 0 aliphatic carbocycles. The largest absolute Gasteiger partial charge is 0.490 e. The summed E-state index contributed by atoms with van der Waals surface area (Å²) in [5.41, 5.74) is 3.96. The predicted molar refractivity (Wildman–Crippen MR) is 71.7 cm³/mol. The van der Waals surface area contributed by atoms with E-state index in [0.29, 0.717) is 12.1 Å². The Bertz CT molecular complexity index is 400. The number of hydrogen-bond donors (Lipinski definition) is 1. The van der Waals surface area contributed by atoms with Crippen molar-refractivity contribution in [3.05, 3.63) is 28.8 Å². The van der Waals surface area contributed by atoms with Crippen molar-refractivity contribution in [3.8, 4) is 5.75 Å². The molecule has 17 heavy (non-hydrogen) atoms. The fourth-order valence-electron chi connectivity index (χ4n) is 2.60. The van der Waals surface area contributed by atoms with E-state index in [0.717, 1.165) is 18.7 Å². The topological polar surface area (TPSA) is 21.3 Å². The first-order valence-electron chi connectivity index (χ1n) is 6.63. The second-order valence-corrected chi connectivity index (χ2v) is 5.11. The molecule has 0 bridgehead atoms. The van der Waals surface area contributed by atoms with E-state index in [9.17, 15) is 0 Å². The van der Waals surface area contributed by atoms with Gasteiger partial charge in [0.1, 0.15) is 5.75 Å². The number of nitrogens with one attached hydrogen (secondary N) is 1. The molecule has 1 heterocycles. The zero-order valence-corrected chi connectivity index (χ0v) is 11.3. The molecule has 1 aliphatic rings. The van der Waals surface area contributed by atoms with E-state index in [2.05, 4.69) is 45.1 Å². The van der Waals surface area contributed by atoms with Gasteiger partial charge in [0, 0.05) is 18.0 Å². The first-order valence-corrected chi connectivity index (χ1v) is 6.63. The molecule has 0 fully saturated rings. The summed E-state index contributed by atoms with van der Waals surface area (Å²) in [4.78, 5) is 0. The van der Waals surface area contributed by atoms with Crippen LogP contribution in [0.25, 0.3) is 0 Å². The highest BCUT2D eigenvalue weighted by molar-refractivity contribution is 5.48. The minimum absolute atomic E-state index is 0.303.